The quantitative estimate of drug-likeness (QED) is 0.794. The summed E-state index contributed by atoms with van der Waals surface area (Å²) in [7, 11) is 0. The number of nitrogens with one attached hydrogen (secondary N) is 2. The van der Waals surface area contributed by atoms with Crippen molar-refractivity contribution >= 4 is 17.0 Å². The Morgan fingerprint density at radius 2 is 2.10 bits per heavy atom. The molecule has 1 aromatic heterocycles. The van der Waals surface area contributed by atoms with Crippen LogP contribution in [0.4, 0.5) is 5.95 Å². The molecule has 21 heavy (non-hydrogen) atoms. The minimum absolute atomic E-state index is 0.941. The molecule has 4 heteroatoms. The number of rotatable bonds is 3. The molecule has 0 aliphatic carbocycles. The van der Waals surface area contributed by atoms with E-state index in [-0.39, 0.29) is 0 Å². The lowest BCUT2D eigenvalue weighted by Gasteiger charge is -2.27. The van der Waals surface area contributed by atoms with Gasteiger partial charge in [-0.3, -0.25) is 4.90 Å². The van der Waals surface area contributed by atoms with Crippen molar-refractivity contribution < 1.29 is 9.47 Å². The molecule has 4 nitrogen and oxygen atoms in total. The first-order valence-corrected chi connectivity index (χ1v) is 8.40. The molecule has 112 valence electrons. The van der Waals surface area contributed by atoms with Crippen LogP contribution in [0.1, 0.15) is 19.8 Å². The van der Waals surface area contributed by atoms with Gasteiger partial charge in [0.1, 0.15) is 30.7 Å². The number of benzene rings is 1. The number of piperidine rings is 1. The molecule has 2 N–H and O–H groups in total. The van der Waals surface area contributed by atoms with Gasteiger partial charge in [-0.25, -0.2) is 9.55 Å². The van der Waals surface area contributed by atoms with Crippen molar-refractivity contribution in [1.29, 1.82) is 0 Å². The summed E-state index contributed by atoms with van der Waals surface area (Å²) in [5.74, 6) is 2.25. The number of likely N-dealkylation sites (tertiary alicyclic amines) is 1. The lowest BCUT2D eigenvalue weighted by molar-refractivity contribution is -0.904. The van der Waals surface area contributed by atoms with E-state index < -0.39 is 0 Å². The van der Waals surface area contributed by atoms with Gasteiger partial charge in [-0.05, 0) is 30.9 Å². The number of fused-ring (bicyclic) bond motifs is 3. The van der Waals surface area contributed by atoms with Crippen LogP contribution >= 0.6 is 0 Å². The molecule has 1 saturated heterocycles. The fourth-order valence-corrected chi connectivity index (χ4v) is 3.85. The van der Waals surface area contributed by atoms with Crippen molar-refractivity contribution in [2.75, 3.05) is 37.6 Å². The Kier molecular flexibility index (Phi) is 3.34. The van der Waals surface area contributed by atoms with Crippen LogP contribution in [0.25, 0.3) is 11.0 Å². The summed E-state index contributed by atoms with van der Waals surface area (Å²) < 4.78 is 2.43. The van der Waals surface area contributed by atoms with Crippen LogP contribution in [-0.2, 0) is 6.54 Å². The first-order chi connectivity index (χ1) is 10.3. The highest BCUT2D eigenvalue weighted by Gasteiger charge is 2.31. The van der Waals surface area contributed by atoms with Gasteiger partial charge in [0.25, 0.3) is 0 Å². The van der Waals surface area contributed by atoms with Gasteiger partial charge in [0.15, 0.2) is 0 Å². The summed E-state index contributed by atoms with van der Waals surface area (Å²) in [4.78, 5) is 7.93. The van der Waals surface area contributed by atoms with Crippen LogP contribution < -0.4 is 14.4 Å². The van der Waals surface area contributed by atoms with Crippen molar-refractivity contribution in [3.8, 4) is 0 Å². The number of hydrogen-bond acceptors (Lipinski definition) is 1. The Bertz CT molecular complexity index is 625. The Hall–Kier alpha value is -1.55. The summed E-state index contributed by atoms with van der Waals surface area (Å²) in [6, 6.07) is 8.63. The Balaban J connectivity index is 1.44. The molecule has 0 spiro atoms. The van der Waals surface area contributed by atoms with Gasteiger partial charge in [-0.1, -0.05) is 19.1 Å². The third kappa shape index (κ3) is 2.42. The molecule has 4 rings (SSSR count). The van der Waals surface area contributed by atoms with Crippen LogP contribution in [0.5, 0.6) is 0 Å². The lowest BCUT2D eigenvalue weighted by Crippen LogP contribution is -3.13. The fraction of sp³-hybridized carbons (Fsp3) is 0.588. The van der Waals surface area contributed by atoms with Crippen molar-refractivity contribution in [3.63, 3.8) is 0 Å². The van der Waals surface area contributed by atoms with Gasteiger partial charge in [-0.2, -0.15) is 0 Å². The van der Waals surface area contributed by atoms with Gasteiger partial charge in [0, 0.05) is 0 Å². The molecule has 0 amide bonds. The number of para-hydroxylation sites is 2. The normalized spacial score (nSPS) is 25.5. The number of nitrogens with zero attached hydrogens (tertiary/aromatic N) is 2. The Morgan fingerprint density at radius 3 is 2.95 bits per heavy atom. The van der Waals surface area contributed by atoms with E-state index in [9.17, 15) is 0 Å². The summed E-state index contributed by atoms with van der Waals surface area (Å²) >= 11 is 0. The average molecular weight is 286 g/mol. The molecular weight excluding hydrogens is 260 g/mol. The Morgan fingerprint density at radius 1 is 1.29 bits per heavy atom. The van der Waals surface area contributed by atoms with E-state index in [1.165, 1.54) is 56.0 Å². The zero-order valence-electron chi connectivity index (χ0n) is 12.9. The number of imidazole rings is 1. The number of aromatic amines is 1. The minimum Gasteiger partial charge on any atom is -0.332 e. The van der Waals surface area contributed by atoms with E-state index >= 15 is 0 Å². The van der Waals surface area contributed by atoms with Crippen molar-refractivity contribution in [1.82, 2.24) is 4.98 Å². The maximum absolute atomic E-state index is 3.60. The van der Waals surface area contributed by atoms with E-state index in [4.69, 9.17) is 0 Å². The molecule has 0 bridgehead atoms. The predicted octanol–water partition coefficient (Wildman–Crippen LogP) is 0.590. The summed E-state index contributed by atoms with van der Waals surface area (Å²) in [6.07, 6.45) is 2.81. The van der Waals surface area contributed by atoms with Gasteiger partial charge in [0.05, 0.1) is 19.6 Å². The van der Waals surface area contributed by atoms with Gasteiger partial charge in [-0.15, -0.1) is 0 Å². The zero-order valence-corrected chi connectivity index (χ0v) is 12.9. The van der Waals surface area contributed by atoms with Crippen LogP contribution in [0, 0.1) is 5.92 Å². The monoisotopic (exact) mass is 286 g/mol. The SMILES string of the molecule is CC1CC[NH+](CCN2CC[n+]3c2[nH]c2ccccc23)CC1. The van der Waals surface area contributed by atoms with E-state index in [0.29, 0.717) is 0 Å². The summed E-state index contributed by atoms with van der Waals surface area (Å²) in [6.45, 7) is 9.85. The Labute approximate surface area is 126 Å². The topological polar surface area (TPSA) is 27.4 Å². The third-order valence-electron chi connectivity index (χ3n) is 5.31. The first kappa shape index (κ1) is 13.1. The fourth-order valence-electron chi connectivity index (χ4n) is 3.85. The highest BCUT2D eigenvalue weighted by molar-refractivity contribution is 5.73. The molecule has 2 aliphatic heterocycles. The minimum atomic E-state index is 0.941. The average Bonchev–Trinajstić information content (AvgIpc) is 3.06. The second-order valence-corrected chi connectivity index (χ2v) is 6.79. The molecule has 1 aromatic carbocycles. The molecule has 2 aliphatic rings. The van der Waals surface area contributed by atoms with Crippen LogP contribution in [0.15, 0.2) is 24.3 Å². The third-order valence-corrected chi connectivity index (χ3v) is 5.31. The number of anilines is 1. The van der Waals surface area contributed by atoms with Crippen molar-refractivity contribution in [2.45, 2.75) is 26.3 Å². The van der Waals surface area contributed by atoms with Crippen LogP contribution in [-0.4, -0.2) is 37.7 Å². The first-order valence-electron chi connectivity index (χ1n) is 8.40. The maximum atomic E-state index is 3.60. The number of H-pyrrole nitrogens is 1. The molecule has 1 fully saturated rings. The summed E-state index contributed by atoms with van der Waals surface area (Å²) in [5.41, 5.74) is 2.60. The van der Waals surface area contributed by atoms with E-state index in [1.54, 1.807) is 4.90 Å². The molecule has 0 saturated carbocycles. The molecular formula is C17H26N4+2. The van der Waals surface area contributed by atoms with Gasteiger partial charge >= 0.3 is 5.95 Å². The number of hydrogen-bond donors (Lipinski definition) is 2. The summed E-state index contributed by atoms with van der Waals surface area (Å²) in [5, 5.41) is 0. The molecule has 3 heterocycles. The number of quaternary nitrogens is 1. The molecule has 2 aromatic rings. The standard InChI is InChI=1S/C17H24N4/c1-14-6-8-19(9-7-14)10-11-20-12-13-21-16-5-3-2-4-15(16)18-17(20)21/h2-5,14H,6-13H2,1H3/p+2. The van der Waals surface area contributed by atoms with Gasteiger partial charge < -0.3 is 4.90 Å². The zero-order chi connectivity index (χ0) is 14.2. The van der Waals surface area contributed by atoms with E-state index in [1.807, 2.05) is 0 Å². The highest BCUT2D eigenvalue weighted by Crippen LogP contribution is 2.18. The maximum Gasteiger partial charge on any atom is 0.358 e. The molecule has 0 radical (unpaired) electrons. The van der Waals surface area contributed by atoms with Gasteiger partial charge in [0.2, 0.25) is 0 Å². The van der Waals surface area contributed by atoms with E-state index in [0.717, 1.165) is 19.0 Å². The predicted molar refractivity (Wildman–Crippen MR) is 84.7 cm³/mol. The van der Waals surface area contributed by atoms with Crippen molar-refractivity contribution in [3.05, 3.63) is 24.3 Å². The number of aromatic nitrogens is 2. The second kappa shape index (κ2) is 5.34. The lowest BCUT2D eigenvalue weighted by atomic mass is 9.99. The highest BCUT2D eigenvalue weighted by atomic mass is 15.4. The van der Waals surface area contributed by atoms with Crippen molar-refractivity contribution in [2.24, 2.45) is 5.92 Å². The largest absolute Gasteiger partial charge is 0.358 e. The smallest absolute Gasteiger partial charge is 0.332 e. The van der Waals surface area contributed by atoms with E-state index in [2.05, 4.69) is 45.6 Å². The second-order valence-electron chi connectivity index (χ2n) is 6.79. The molecule has 0 unspecified atom stereocenters. The van der Waals surface area contributed by atoms with Crippen LogP contribution in [0.3, 0.4) is 0 Å². The molecule has 0 atom stereocenters. The van der Waals surface area contributed by atoms with Crippen LogP contribution in [0.2, 0.25) is 0 Å².